The molecule has 3 aromatic carbocycles. The van der Waals surface area contributed by atoms with Crippen molar-refractivity contribution in [1.82, 2.24) is 0 Å². The molecule has 0 radical (unpaired) electrons. The fourth-order valence-corrected chi connectivity index (χ4v) is 2.76. The minimum atomic E-state index is -0.363. The van der Waals surface area contributed by atoms with E-state index in [0.29, 0.717) is 23.5 Å². The van der Waals surface area contributed by atoms with Gasteiger partial charge in [-0.25, -0.2) is 4.79 Å². The maximum absolute atomic E-state index is 12.3. The summed E-state index contributed by atoms with van der Waals surface area (Å²) in [7, 11) is 0. The van der Waals surface area contributed by atoms with Crippen molar-refractivity contribution < 1.29 is 9.90 Å². The Labute approximate surface area is 156 Å². The lowest BCUT2D eigenvalue weighted by atomic mass is 10.0. The van der Waals surface area contributed by atoms with E-state index in [-0.39, 0.29) is 12.6 Å². The number of aliphatic hydroxyl groups excluding tert-OH is 1. The maximum atomic E-state index is 12.3. The zero-order valence-corrected chi connectivity index (χ0v) is 14.6. The van der Waals surface area contributed by atoms with Crippen LogP contribution in [0.3, 0.4) is 0 Å². The molecule has 2 amide bonds. The third kappa shape index (κ3) is 4.77. The molecule has 0 saturated carbocycles. The minimum Gasteiger partial charge on any atom is -0.396 e. The Morgan fingerprint density at radius 2 is 1.67 bits per heavy atom. The fourth-order valence-electron chi connectivity index (χ4n) is 2.76. The first kappa shape index (κ1) is 18.3. The maximum Gasteiger partial charge on any atom is 0.323 e. The first-order chi connectivity index (χ1) is 13.2. The first-order valence-electron chi connectivity index (χ1n) is 8.50. The van der Waals surface area contributed by atoms with Crippen LogP contribution in [-0.2, 0) is 6.42 Å². The highest BCUT2D eigenvalue weighted by Gasteiger charge is 2.07. The van der Waals surface area contributed by atoms with Gasteiger partial charge in [0, 0.05) is 18.0 Å². The zero-order chi connectivity index (χ0) is 19.1. The van der Waals surface area contributed by atoms with E-state index in [2.05, 4.69) is 15.8 Å². The molecule has 3 N–H and O–H groups in total. The van der Waals surface area contributed by atoms with Crippen LogP contribution in [0, 0.1) is 4.91 Å². The second kappa shape index (κ2) is 8.73. The summed E-state index contributed by atoms with van der Waals surface area (Å²) < 4.78 is 0. The molecule has 6 nitrogen and oxygen atoms in total. The fraction of sp³-hybridized carbons (Fsp3) is 0.0952. The van der Waals surface area contributed by atoms with Crippen molar-refractivity contribution in [2.24, 2.45) is 5.18 Å². The summed E-state index contributed by atoms with van der Waals surface area (Å²) in [4.78, 5) is 22.9. The minimum absolute atomic E-state index is 0.0147. The Balaban J connectivity index is 1.72. The quantitative estimate of drug-likeness (QED) is 0.544. The number of hydrogen-bond donors (Lipinski definition) is 3. The van der Waals surface area contributed by atoms with Crippen molar-refractivity contribution in [1.29, 1.82) is 0 Å². The number of aliphatic hydroxyl groups is 1. The molecule has 0 saturated heterocycles. The monoisotopic (exact) mass is 361 g/mol. The SMILES string of the molecule is O=Nc1ccc(-c2cccc(NC(=O)Nc3ccccc3CCO)c2)cc1. The summed E-state index contributed by atoms with van der Waals surface area (Å²) in [5.41, 5.74) is 4.37. The Kier molecular flexibility index (Phi) is 5.91. The number of hydrogen-bond acceptors (Lipinski definition) is 4. The van der Waals surface area contributed by atoms with E-state index < -0.39 is 0 Å². The van der Waals surface area contributed by atoms with Gasteiger partial charge in [0.1, 0.15) is 5.69 Å². The average Bonchev–Trinajstić information content (AvgIpc) is 2.70. The smallest absolute Gasteiger partial charge is 0.323 e. The molecule has 0 atom stereocenters. The van der Waals surface area contributed by atoms with Crippen LogP contribution >= 0.6 is 0 Å². The van der Waals surface area contributed by atoms with Gasteiger partial charge in [0.2, 0.25) is 0 Å². The number of nitrogens with zero attached hydrogens (tertiary/aromatic N) is 1. The Hall–Kier alpha value is -3.51. The summed E-state index contributed by atoms with van der Waals surface area (Å²) in [6.07, 6.45) is 0.470. The molecule has 0 aromatic heterocycles. The second-order valence-electron chi connectivity index (χ2n) is 5.93. The van der Waals surface area contributed by atoms with Crippen molar-refractivity contribution in [3.8, 4) is 11.1 Å². The van der Waals surface area contributed by atoms with E-state index in [9.17, 15) is 9.70 Å². The van der Waals surface area contributed by atoms with Crippen LogP contribution in [0.2, 0.25) is 0 Å². The molecule has 0 aliphatic heterocycles. The van der Waals surface area contributed by atoms with Crippen LogP contribution in [0.15, 0.2) is 78.0 Å². The highest BCUT2D eigenvalue weighted by Crippen LogP contribution is 2.25. The van der Waals surface area contributed by atoms with Gasteiger partial charge < -0.3 is 15.7 Å². The van der Waals surface area contributed by atoms with Gasteiger partial charge in [0.05, 0.1) is 0 Å². The lowest BCUT2D eigenvalue weighted by Crippen LogP contribution is -2.20. The summed E-state index contributed by atoms with van der Waals surface area (Å²) >= 11 is 0. The molecule has 3 aromatic rings. The van der Waals surface area contributed by atoms with Crippen molar-refractivity contribution in [3.63, 3.8) is 0 Å². The molecule has 3 rings (SSSR count). The topological polar surface area (TPSA) is 90.8 Å². The van der Waals surface area contributed by atoms with Crippen LogP contribution in [0.1, 0.15) is 5.56 Å². The van der Waals surface area contributed by atoms with Gasteiger partial charge in [-0.15, -0.1) is 4.91 Å². The number of carbonyl (C=O) groups excluding carboxylic acids is 1. The number of nitrogens with one attached hydrogen (secondary N) is 2. The number of rotatable bonds is 6. The predicted octanol–water partition coefficient (Wildman–Crippen LogP) is 4.93. The van der Waals surface area contributed by atoms with Gasteiger partial charge in [-0.2, -0.15) is 0 Å². The predicted molar refractivity (Wildman–Crippen MR) is 107 cm³/mol. The van der Waals surface area contributed by atoms with E-state index >= 15 is 0 Å². The number of carbonyl (C=O) groups is 1. The molecule has 0 aliphatic carbocycles. The van der Waals surface area contributed by atoms with Crippen LogP contribution < -0.4 is 10.6 Å². The molecular weight excluding hydrogens is 342 g/mol. The van der Waals surface area contributed by atoms with E-state index in [1.807, 2.05) is 36.4 Å². The lowest BCUT2D eigenvalue weighted by Gasteiger charge is -2.12. The molecule has 136 valence electrons. The number of anilines is 2. The molecular formula is C21H19N3O3. The highest BCUT2D eigenvalue weighted by molar-refractivity contribution is 6.00. The third-order valence-corrected chi connectivity index (χ3v) is 4.07. The van der Waals surface area contributed by atoms with Crippen molar-refractivity contribution in [3.05, 3.63) is 83.3 Å². The first-order valence-corrected chi connectivity index (χ1v) is 8.50. The van der Waals surface area contributed by atoms with Crippen molar-refractivity contribution in [2.75, 3.05) is 17.2 Å². The van der Waals surface area contributed by atoms with Crippen LogP contribution in [0.25, 0.3) is 11.1 Å². The van der Waals surface area contributed by atoms with Gasteiger partial charge in [-0.3, -0.25) is 0 Å². The van der Waals surface area contributed by atoms with E-state index in [0.717, 1.165) is 16.7 Å². The molecule has 0 spiro atoms. The van der Waals surface area contributed by atoms with Gasteiger partial charge in [-0.05, 0) is 58.6 Å². The lowest BCUT2D eigenvalue weighted by molar-refractivity contribution is 0.262. The summed E-state index contributed by atoms with van der Waals surface area (Å²) in [5.74, 6) is 0. The molecule has 0 heterocycles. The van der Waals surface area contributed by atoms with E-state index in [1.165, 1.54) is 0 Å². The van der Waals surface area contributed by atoms with Crippen molar-refractivity contribution >= 4 is 23.1 Å². The standard InChI is InChI=1S/C21H19N3O3/c25-13-12-16-4-1-2-7-20(16)23-21(26)22-19-6-3-5-17(14-19)15-8-10-18(24-27)11-9-15/h1-11,14,25H,12-13H2,(H2,22,23,26). The second-order valence-corrected chi connectivity index (χ2v) is 5.93. The molecule has 0 aliphatic rings. The number of nitroso groups, excluding NO2 is 1. The Bertz CT molecular complexity index is 939. The third-order valence-electron chi connectivity index (χ3n) is 4.07. The molecule has 0 bridgehead atoms. The average molecular weight is 361 g/mol. The Morgan fingerprint density at radius 1 is 0.889 bits per heavy atom. The summed E-state index contributed by atoms with van der Waals surface area (Å²) in [6.45, 7) is 0.0147. The number of urea groups is 1. The molecule has 0 unspecified atom stereocenters. The molecule has 6 heteroatoms. The van der Waals surface area contributed by atoms with E-state index in [1.54, 1.807) is 36.4 Å². The summed E-state index contributed by atoms with van der Waals surface area (Å²) in [6, 6.07) is 21.3. The number of benzene rings is 3. The van der Waals surface area contributed by atoms with Gasteiger partial charge in [0.25, 0.3) is 0 Å². The molecule has 0 fully saturated rings. The van der Waals surface area contributed by atoms with Crippen LogP contribution in [0.4, 0.5) is 21.9 Å². The van der Waals surface area contributed by atoms with Gasteiger partial charge >= 0.3 is 6.03 Å². The molecule has 27 heavy (non-hydrogen) atoms. The van der Waals surface area contributed by atoms with Gasteiger partial charge in [0.15, 0.2) is 0 Å². The normalized spacial score (nSPS) is 10.3. The Morgan fingerprint density at radius 3 is 2.41 bits per heavy atom. The van der Waals surface area contributed by atoms with Crippen molar-refractivity contribution in [2.45, 2.75) is 6.42 Å². The van der Waals surface area contributed by atoms with Gasteiger partial charge in [-0.1, -0.05) is 42.5 Å². The highest BCUT2D eigenvalue weighted by atomic mass is 16.3. The van der Waals surface area contributed by atoms with E-state index in [4.69, 9.17) is 5.11 Å². The van der Waals surface area contributed by atoms with Crippen LogP contribution in [0.5, 0.6) is 0 Å². The van der Waals surface area contributed by atoms with Crippen LogP contribution in [-0.4, -0.2) is 17.7 Å². The largest absolute Gasteiger partial charge is 0.396 e. The zero-order valence-electron chi connectivity index (χ0n) is 14.6. The summed E-state index contributed by atoms with van der Waals surface area (Å²) in [5, 5.41) is 17.6. The number of amides is 2. The number of para-hydroxylation sites is 1.